The van der Waals surface area contributed by atoms with E-state index in [0.717, 1.165) is 11.2 Å². The molecule has 2 rings (SSSR count). The third-order valence-electron chi connectivity index (χ3n) is 3.03. The van der Waals surface area contributed by atoms with Gasteiger partial charge in [0.1, 0.15) is 11.9 Å². The van der Waals surface area contributed by atoms with Gasteiger partial charge in [0.25, 0.3) is 0 Å². The van der Waals surface area contributed by atoms with E-state index < -0.39 is 17.8 Å². The number of aliphatic carboxylic acids is 1. The molecule has 17 heavy (non-hydrogen) atoms. The van der Waals surface area contributed by atoms with Crippen LogP contribution < -0.4 is 5.73 Å². The van der Waals surface area contributed by atoms with Gasteiger partial charge >= 0.3 is 5.97 Å². The van der Waals surface area contributed by atoms with Gasteiger partial charge in [-0.1, -0.05) is 6.07 Å². The van der Waals surface area contributed by atoms with Gasteiger partial charge in [0, 0.05) is 23.7 Å². The summed E-state index contributed by atoms with van der Waals surface area (Å²) < 4.78 is 16.0. The molecule has 0 saturated heterocycles. The first-order valence-corrected chi connectivity index (χ1v) is 5.16. The minimum atomic E-state index is -1.33. The number of rotatable bonds is 2. The van der Waals surface area contributed by atoms with E-state index >= 15 is 0 Å². The molecule has 2 aromatic rings. The fourth-order valence-corrected chi connectivity index (χ4v) is 1.90. The number of aryl methyl sites for hydroxylation is 2. The quantitative estimate of drug-likeness (QED) is 0.834. The molecule has 1 heterocycles. The molecule has 0 fully saturated rings. The maximum atomic E-state index is 14.1. The van der Waals surface area contributed by atoms with E-state index in [9.17, 15) is 9.18 Å². The van der Waals surface area contributed by atoms with E-state index in [1.54, 1.807) is 12.1 Å². The normalized spacial score (nSPS) is 12.9. The molecule has 0 aliphatic carbocycles. The molecular weight excluding hydrogens is 223 g/mol. The van der Waals surface area contributed by atoms with Gasteiger partial charge < -0.3 is 15.4 Å². The summed E-state index contributed by atoms with van der Waals surface area (Å²) >= 11 is 0. The SMILES string of the molecule is Cc1cc2c(F)c(C(N)C(=O)O)ccc2n1C. The zero-order valence-corrected chi connectivity index (χ0v) is 9.57. The Kier molecular flexibility index (Phi) is 2.63. The highest BCUT2D eigenvalue weighted by molar-refractivity contribution is 5.85. The van der Waals surface area contributed by atoms with Crippen LogP contribution in [0.5, 0.6) is 0 Å². The Hall–Kier alpha value is -1.88. The van der Waals surface area contributed by atoms with Crippen LogP contribution in [0.15, 0.2) is 18.2 Å². The lowest BCUT2D eigenvalue weighted by atomic mass is 10.0. The average molecular weight is 236 g/mol. The standard InChI is InChI=1S/C12H13FN2O2/c1-6-5-8-9(15(6)2)4-3-7(10(8)13)11(14)12(16)17/h3-5,11H,14H2,1-2H3,(H,16,17). The Labute approximate surface area is 97.5 Å². The van der Waals surface area contributed by atoms with E-state index in [1.807, 2.05) is 18.5 Å². The highest BCUT2D eigenvalue weighted by Gasteiger charge is 2.21. The smallest absolute Gasteiger partial charge is 0.325 e. The fourth-order valence-electron chi connectivity index (χ4n) is 1.90. The second-order valence-corrected chi connectivity index (χ2v) is 4.06. The lowest BCUT2D eigenvalue weighted by Gasteiger charge is -2.09. The molecule has 0 aliphatic heterocycles. The zero-order chi connectivity index (χ0) is 12.7. The van der Waals surface area contributed by atoms with Gasteiger partial charge in [0.05, 0.1) is 5.52 Å². The van der Waals surface area contributed by atoms with Crippen molar-refractivity contribution in [3.05, 3.63) is 35.3 Å². The van der Waals surface area contributed by atoms with Crippen molar-refractivity contribution in [1.82, 2.24) is 4.57 Å². The van der Waals surface area contributed by atoms with Crippen LogP contribution in [0.3, 0.4) is 0 Å². The van der Waals surface area contributed by atoms with E-state index in [2.05, 4.69) is 0 Å². The molecule has 1 atom stereocenters. The van der Waals surface area contributed by atoms with E-state index in [-0.39, 0.29) is 5.56 Å². The number of aromatic nitrogens is 1. The van der Waals surface area contributed by atoms with Crippen LogP contribution in [0.25, 0.3) is 10.9 Å². The first-order chi connectivity index (χ1) is 7.93. The molecule has 1 unspecified atom stereocenters. The van der Waals surface area contributed by atoms with Crippen LogP contribution in [0.4, 0.5) is 4.39 Å². The lowest BCUT2D eigenvalue weighted by molar-refractivity contribution is -0.138. The van der Waals surface area contributed by atoms with Crippen LogP contribution in [-0.4, -0.2) is 15.6 Å². The third-order valence-corrected chi connectivity index (χ3v) is 3.03. The molecule has 3 N–H and O–H groups in total. The van der Waals surface area contributed by atoms with Crippen molar-refractivity contribution in [2.75, 3.05) is 0 Å². The molecule has 0 amide bonds. The number of nitrogens with two attached hydrogens (primary N) is 1. The second kappa shape index (κ2) is 3.85. The van der Waals surface area contributed by atoms with Crippen LogP contribution >= 0.6 is 0 Å². The van der Waals surface area contributed by atoms with E-state index in [1.165, 1.54) is 6.07 Å². The van der Waals surface area contributed by atoms with Crippen molar-refractivity contribution in [2.24, 2.45) is 12.8 Å². The van der Waals surface area contributed by atoms with Crippen LogP contribution in [-0.2, 0) is 11.8 Å². The summed E-state index contributed by atoms with van der Waals surface area (Å²) in [5.74, 6) is -1.79. The van der Waals surface area contributed by atoms with Crippen LogP contribution in [0.2, 0.25) is 0 Å². The monoisotopic (exact) mass is 236 g/mol. The molecule has 0 bridgehead atoms. The zero-order valence-electron chi connectivity index (χ0n) is 9.57. The molecule has 4 nitrogen and oxygen atoms in total. The van der Waals surface area contributed by atoms with Crippen LogP contribution in [0.1, 0.15) is 17.3 Å². The summed E-state index contributed by atoms with van der Waals surface area (Å²) in [5, 5.41) is 9.20. The summed E-state index contributed by atoms with van der Waals surface area (Å²) in [5.41, 5.74) is 7.06. The van der Waals surface area contributed by atoms with Gasteiger partial charge in [-0.15, -0.1) is 0 Å². The minimum Gasteiger partial charge on any atom is -0.480 e. The van der Waals surface area contributed by atoms with E-state index in [4.69, 9.17) is 10.8 Å². The van der Waals surface area contributed by atoms with Crippen molar-refractivity contribution >= 4 is 16.9 Å². The Morgan fingerprint density at radius 1 is 1.53 bits per heavy atom. The van der Waals surface area contributed by atoms with Crippen molar-refractivity contribution < 1.29 is 14.3 Å². The fraction of sp³-hybridized carbons (Fsp3) is 0.250. The summed E-state index contributed by atoms with van der Waals surface area (Å²) in [6.07, 6.45) is 0. The molecule has 90 valence electrons. The number of fused-ring (bicyclic) bond motifs is 1. The minimum absolute atomic E-state index is 0.00981. The predicted octanol–water partition coefficient (Wildman–Crippen LogP) is 1.71. The highest BCUT2D eigenvalue weighted by atomic mass is 19.1. The number of nitrogens with zero attached hydrogens (tertiary/aromatic N) is 1. The summed E-state index contributed by atoms with van der Waals surface area (Å²) in [6.45, 7) is 1.86. The number of carboxylic acid groups (broad SMARTS) is 1. The lowest BCUT2D eigenvalue weighted by Crippen LogP contribution is -2.21. The first-order valence-electron chi connectivity index (χ1n) is 5.16. The third kappa shape index (κ3) is 1.68. The number of carbonyl (C=O) groups is 1. The molecule has 0 saturated carbocycles. The van der Waals surface area contributed by atoms with Gasteiger partial charge in [-0.2, -0.15) is 0 Å². The Bertz CT molecular complexity index is 604. The Morgan fingerprint density at radius 2 is 2.18 bits per heavy atom. The topological polar surface area (TPSA) is 68.2 Å². The maximum Gasteiger partial charge on any atom is 0.325 e. The Balaban J connectivity index is 2.70. The molecule has 0 radical (unpaired) electrons. The van der Waals surface area contributed by atoms with E-state index in [0.29, 0.717) is 5.39 Å². The van der Waals surface area contributed by atoms with Gasteiger partial charge in [-0.05, 0) is 19.1 Å². The first kappa shape index (κ1) is 11.6. The largest absolute Gasteiger partial charge is 0.480 e. The second-order valence-electron chi connectivity index (χ2n) is 4.06. The average Bonchev–Trinajstić information content (AvgIpc) is 2.56. The number of carboxylic acids is 1. The molecule has 1 aromatic carbocycles. The van der Waals surface area contributed by atoms with Crippen molar-refractivity contribution in [3.63, 3.8) is 0 Å². The van der Waals surface area contributed by atoms with Crippen molar-refractivity contribution in [3.8, 4) is 0 Å². The summed E-state index contributed by atoms with van der Waals surface area (Å²) in [4.78, 5) is 10.8. The maximum absolute atomic E-state index is 14.1. The molecule has 0 aliphatic rings. The molecule has 5 heteroatoms. The van der Waals surface area contributed by atoms with Crippen molar-refractivity contribution in [2.45, 2.75) is 13.0 Å². The summed E-state index contributed by atoms with van der Waals surface area (Å²) in [7, 11) is 1.83. The predicted molar refractivity (Wildman–Crippen MR) is 62.2 cm³/mol. The molecular formula is C12H13FN2O2. The molecule has 1 aromatic heterocycles. The number of hydrogen-bond donors (Lipinski definition) is 2. The van der Waals surface area contributed by atoms with Gasteiger partial charge in [-0.3, -0.25) is 4.79 Å². The summed E-state index contributed by atoms with van der Waals surface area (Å²) in [6, 6.07) is 3.46. The highest BCUT2D eigenvalue weighted by Crippen LogP contribution is 2.26. The van der Waals surface area contributed by atoms with Gasteiger partial charge in [-0.25, -0.2) is 4.39 Å². The number of benzene rings is 1. The van der Waals surface area contributed by atoms with Crippen molar-refractivity contribution in [1.29, 1.82) is 0 Å². The Morgan fingerprint density at radius 3 is 2.76 bits per heavy atom. The van der Waals surface area contributed by atoms with Crippen LogP contribution in [0, 0.1) is 12.7 Å². The van der Waals surface area contributed by atoms with Gasteiger partial charge in [0.15, 0.2) is 0 Å². The van der Waals surface area contributed by atoms with Gasteiger partial charge in [0.2, 0.25) is 0 Å². The number of halogens is 1. The number of hydrogen-bond acceptors (Lipinski definition) is 2. The molecule has 0 spiro atoms.